The first kappa shape index (κ1) is 17.7. The van der Waals surface area contributed by atoms with Gasteiger partial charge in [0.15, 0.2) is 0 Å². The Bertz CT molecular complexity index is 675. The molecule has 2 amide bonds. The van der Waals surface area contributed by atoms with Crippen molar-refractivity contribution in [1.29, 1.82) is 0 Å². The second kappa shape index (κ2) is 8.82. The first-order valence-electron chi connectivity index (χ1n) is 6.71. The van der Waals surface area contributed by atoms with E-state index in [9.17, 15) is 9.59 Å². The molecule has 2 aromatic carbocycles. The predicted molar refractivity (Wildman–Crippen MR) is 94.7 cm³/mol. The van der Waals surface area contributed by atoms with E-state index in [1.807, 2.05) is 24.3 Å². The molecule has 0 aromatic heterocycles. The van der Waals surface area contributed by atoms with Crippen LogP contribution in [0.3, 0.4) is 0 Å². The third kappa shape index (κ3) is 6.14. The number of carbonyl (C=O) groups excluding carboxylic acids is 2. The SMILES string of the molecule is O=C(CSCc1ccc(Cl)cc1)NNC(=O)c1ccc(Cl)cc1. The molecule has 0 saturated carbocycles. The van der Waals surface area contributed by atoms with Crippen LogP contribution in [0, 0.1) is 0 Å². The molecule has 0 aliphatic carbocycles. The van der Waals surface area contributed by atoms with Gasteiger partial charge < -0.3 is 0 Å². The summed E-state index contributed by atoms with van der Waals surface area (Å²) in [5.74, 6) is 0.267. The summed E-state index contributed by atoms with van der Waals surface area (Å²) in [6.07, 6.45) is 0. The summed E-state index contributed by atoms with van der Waals surface area (Å²) < 4.78 is 0. The average Bonchev–Trinajstić information content (AvgIpc) is 2.55. The van der Waals surface area contributed by atoms with Gasteiger partial charge in [0.25, 0.3) is 5.91 Å². The van der Waals surface area contributed by atoms with Crippen LogP contribution in [-0.4, -0.2) is 17.6 Å². The van der Waals surface area contributed by atoms with E-state index in [2.05, 4.69) is 10.9 Å². The lowest BCUT2D eigenvalue weighted by Crippen LogP contribution is -2.42. The van der Waals surface area contributed by atoms with Crippen LogP contribution in [0.1, 0.15) is 15.9 Å². The summed E-state index contributed by atoms with van der Waals surface area (Å²) in [6.45, 7) is 0. The van der Waals surface area contributed by atoms with Crippen LogP contribution >= 0.6 is 35.0 Å². The number of hydrogen-bond acceptors (Lipinski definition) is 3. The Morgan fingerprint density at radius 1 is 0.870 bits per heavy atom. The first-order valence-corrected chi connectivity index (χ1v) is 8.62. The lowest BCUT2D eigenvalue weighted by molar-refractivity contribution is -0.119. The predicted octanol–water partition coefficient (Wildman–Crippen LogP) is 3.69. The molecule has 2 N–H and O–H groups in total. The van der Waals surface area contributed by atoms with Crippen LogP contribution in [-0.2, 0) is 10.5 Å². The number of halogens is 2. The molecule has 0 radical (unpaired) electrons. The van der Waals surface area contributed by atoms with Crippen molar-refractivity contribution in [3.05, 3.63) is 69.7 Å². The van der Waals surface area contributed by atoms with Gasteiger partial charge in [-0.05, 0) is 42.0 Å². The van der Waals surface area contributed by atoms with Crippen LogP contribution < -0.4 is 10.9 Å². The first-order chi connectivity index (χ1) is 11.0. The minimum Gasteiger partial charge on any atom is -0.272 e. The second-order valence-electron chi connectivity index (χ2n) is 4.63. The van der Waals surface area contributed by atoms with E-state index in [4.69, 9.17) is 23.2 Å². The third-order valence-electron chi connectivity index (χ3n) is 2.84. The van der Waals surface area contributed by atoms with Gasteiger partial charge in [0.2, 0.25) is 5.91 Å². The molecule has 23 heavy (non-hydrogen) atoms. The number of nitrogens with one attached hydrogen (secondary N) is 2. The van der Waals surface area contributed by atoms with Gasteiger partial charge in [-0.3, -0.25) is 20.4 Å². The fourth-order valence-electron chi connectivity index (χ4n) is 1.68. The van der Waals surface area contributed by atoms with Crippen molar-refractivity contribution in [2.24, 2.45) is 0 Å². The van der Waals surface area contributed by atoms with Crippen LogP contribution in [0.15, 0.2) is 48.5 Å². The Kier molecular flexibility index (Phi) is 6.77. The largest absolute Gasteiger partial charge is 0.272 e. The molecule has 0 aliphatic rings. The smallest absolute Gasteiger partial charge is 0.269 e. The number of thioether (sulfide) groups is 1. The molecular weight excluding hydrogens is 355 g/mol. The third-order valence-corrected chi connectivity index (χ3v) is 4.34. The number of rotatable bonds is 5. The lowest BCUT2D eigenvalue weighted by Gasteiger charge is -2.07. The molecule has 4 nitrogen and oxygen atoms in total. The minimum atomic E-state index is -0.391. The average molecular weight is 369 g/mol. The second-order valence-corrected chi connectivity index (χ2v) is 6.49. The summed E-state index contributed by atoms with van der Waals surface area (Å²) in [6, 6.07) is 13.8. The zero-order valence-corrected chi connectivity index (χ0v) is 14.3. The monoisotopic (exact) mass is 368 g/mol. The highest BCUT2D eigenvalue weighted by Crippen LogP contribution is 2.15. The Balaban J connectivity index is 1.69. The molecule has 2 rings (SSSR count). The quantitative estimate of drug-likeness (QED) is 0.791. The molecule has 0 spiro atoms. The number of benzene rings is 2. The maximum atomic E-state index is 11.8. The summed E-state index contributed by atoms with van der Waals surface area (Å²) in [7, 11) is 0. The van der Waals surface area contributed by atoms with Gasteiger partial charge in [-0.15, -0.1) is 11.8 Å². The van der Waals surface area contributed by atoms with Crippen LogP contribution in [0.2, 0.25) is 10.0 Å². The van der Waals surface area contributed by atoms with E-state index < -0.39 is 5.91 Å². The van der Waals surface area contributed by atoms with Gasteiger partial charge in [0.05, 0.1) is 5.75 Å². The highest BCUT2D eigenvalue weighted by Gasteiger charge is 2.07. The highest BCUT2D eigenvalue weighted by atomic mass is 35.5. The van der Waals surface area contributed by atoms with Gasteiger partial charge in [-0.1, -0.05) is 35.3 Å². The number of hydrogen-bond donors (Lipinski definition) is 2. The molecule has 0 unspecified atom stereocenters. The fourth-order valence-corrected chi connectivity index (χ4v) is 2.72. The molecule has 7 heteroatoms. The van der Waals surface area contributed by atoms with E-state index in [-0.39, 0.29) is 11.7 Å². The van der Waals surface area contributed by atoms with Crippen molar-refractivity contribution < 1.29 is 9.59 Å². The normalized spacial score (nSPS) is 10.2. The van der Waals surface area contributed by atoms with Gasteiger partial charge in [0, 0.05) is 21.4 Å². The van der Waals surface area contributed by atoms with Crippen LogP contribution in [0.5, 0.6) is 0 Å². The Morgan fingerprint density at radius 2 is 1.43 bits per heavy atom. The summed E-state index contributed by atoms with van der Waals surface area (Å²) in [5.41, 5.74) is 6.24. The minimum absolute atomic E-state index is 0.240. The maximum Gasteiger partial charge on any atom is 0.269 e. The number of hydrazine groups is 1. The van der Waals surface area contributed by atoms with E-state index in [0.717, 1.165) is 5.56 Å². The Labute approximate surface area is 148 Å². The van der Waals surface area contributed by atoms with Gasteiger partial charge in [-0.25, -0.2) is 0 Å². The molecule has 0 atom stereocenters. The highest BCUT2D eigenvalue weighted by molar-refractivity contribution is 7.99. The molecule has 0 bridgehead atoms. The summed E-state index contributed by atoms with van der Waals surface area (Å²) >= 11 is 13.0. The van der Waals surface area contributed by atoms with Crippen LogP contribution in [0.25, 0.3) is 0 Å². The molecule has 120 valence electrons. The Hall–Kier alpha value is -1.69. The van der Waals surface area contributed by atoms with Gasteiger partial charge in [0.1, 0.15) is 0 Å². The summed E-state index contributed by atoms with van der Waals surface area (Å²) in [5, 5.41) is 1.23. The maximum absolute atomic E-state index is 11.8. The lowest BCUT2D eigenvalue weighted by atomic mass is 10.2. The van der Waals surface area contributed by atoms with E-state index in [0.29, 0.717) is 21.4 Å². The van der Waals surface area contributed by atoms with Crippen molar-refractivity contribution in [2.75, 3.05) is 5.75 Å². The standard InChI is InChI=1S/C16H14Cl2N2O2S/c17-13-5-1-11(2-6-13)9-23-10-15(21)19-20-16(22)12-3-7-14(18)8-4-12/h1-8H,9-10H2,(H,19,21)(H,20,22). The molecule has 0 saturated heterocycles. The molecule has 0 aliphatic heterocycles. The van der Waals surface area contributed by atoms with Crippen molar-refractivity contribution in [2.45, 2.75) is 5.75 Å². The number of amides is 2. The van der Waals surface area contributed by atoms with Crippen LogP contribution in [0.4, 0.5) is 0 Å². The van der Waals surface area contributed by atoms with Gasteiger partial charge in [-0.2, -0.15) is 0 Å². The zero-order chi connectivity index (χ0) is 16.7. The van der Waals surface area contributed by atoms with E-state index in [1.54, 1.807) is 24.3 Å². The fraction of sp³-hybridized carbons (Fsp3) is 0.125. The van der Waals surface area contributed by atoms with Crippen molar-refractivity contribution >= 4 is 46.8 Å². The van der Waals surface area contributed by atoms with Crippen molar-refractivity contribution in [1.82, 2.24) is 10.9 Å². The van der Waals surface area contributed by atoms with Crippen molar-refractivity contribution in [3.8, 4) is 0 Å². The molecule has 0 heterocycles. The molecular formula is C16H14Cl2N2O2S. The molecule has 2 aromatic rings. The van der Waals surface area contributed by atoms with Crippen molar-refractivity contribution in [3.63, 3.8) is 0 Å². The topological polar surface area (TPSA) is 58.2 Å². The zero-order valence-electron chi connectivity index (χ0n) is 12.0. The summed E-state index contributed by atoms with van der Waals surface area (Å²) in [4.78, 5) is 23.5. The molecule has 0 fully saturated rings. The van der Waals surface area contributed by atoms with E-state index >= 15 is 0 Å². The Morgan fingerprint density at radius 3 is 2.04 bits per heavy atom. The number of carbonyl (C=O) groups is 2. The van der Waals surface area contributed by atoms with E-state index in [1.165, 1.54) is 11.8 Å². The van der Waals surface area contributed by atoms with Gasteiger partial charge >= 0.3 is 0 Å².